The van der Waals surface area contributed by atoms with Crippen molar-refractivity contribution in [3.05, 3.63) is 59.9 Å². The first-order chi connectivity index (χ1) is 11.6. The number of nitrogens with one attached hydrogen (secondary N) is 2. The summed E-state index contributed by atoms with van der Waals surface area (Å²) in [5.74, 6) is -1.43. The Morgan fingerprint density at radius 1 is 1.08 bits per heavy atom. The normalized spacial score (nSPS) is 10.6. The molecule has 0 aliphatic heterocycles. The summed E-state index contributed by atoms with van der Waals surface area (Å²) in [5, 5.41) is 6.31. The second-order valence-electron chi connectivity index (χ2n) is 4.80. The van der Waals surface area contributed by atoms with Gasteiger partial charge < -0.3 is 5.32 Å². The molecule has 2 N–H and O–H groups in total. The molecule has 2 aromatic rings. The maximum atomic E-state index is 12.8. The Labute approximate surface area is 143 Å². The number of anilines is 1. The number of halogens is 1. The minimum Gasteiger partial charge on any atom is -0.326 e. The van der Waals surface area contributed by atoms with E-state index in [1.165, 1.54) is 30.5 Å². The molecule has 0 saturated carbocycles. The van der Waals surface area contributed by atoms with E-state index in [2.05, 4.69) is 15.8 Å². The third-order valence-corrected chi connectivity index (χ3v) is 3.71. The van der Waals surface area contributed by atoms with Crippen LogP contribution in [0.2, 0.25) is 0 Å². The Balaban J connectivity index is 1.78. The molecule has 0 spiro atoms. The van der Waals surface area contributed by atoms with E-state index in [4.69, 9.17) is 0 Å². The summed E-state index contributed by atoms with van der Waals surface area (Å²) in [6.45, 7) is 0. The van der Waals surface area contributed by atoms with Crippen LogP contribution in [0.5, 0.6) is 0 Å². The smallest absolute Gasteiger partial charge is 0.249 e. The number of hydrogen-bond donors (Lipinski definition) is 2. The van der Waals surface area contributed by atoms with E-state index in [-0.39, 0.29) is 6.42 Å². The monoisotopic (exact) mass is 345 g/mol. The van der Waals surface area contributed by atoms with Crippen LogP contribution in [0, 0.1) is 5.82 Å². The summed E-state index contributed by atoms with van der Waals surface area (Å²) < 4.78 is 12.8. The predicted molar refractivity (Wildman–Crippen MR) is 93.6 cm³/mol. The molecule has 0 unspecified atom stereocenters. The first-order valence-electron chi connectivity index (χ1n) is 7.08. The highest BCUT2D eigenvalue weighted by Gasteiger charge is 2.08. The summed E-state index contributed by atoms with van der Waals surface area (Å²) in [6.07, 6.45) is 3.11. The fourth-order valence-corrected chi connectivity index (χ4v) is 2.20. The van der Waals surface area contributed by atoms with Crippen molar-refractivity contribution < 1.29 is 14.0 Å². The molecule has 0 aliphatic rings. The van der Waals surface area contributed by atoms with Crippen molar-refractivity contribution in [3.63, 3.8) is 0 Å². The molecule has 0 fully saturated rings. The van der Waals surface area contributed by atoms with Gasteiger partial charge in [-0.05, 0) is 48.2 Å². The number of hydrogen-bond acceptors (Lipinski definition) is 4. The number of amides is 2. The Bertz CT molecular complexity index is 731. The number of hydrazone groups is 1. The fourth-order valence-electron chi connectivity index (χ4n) is 1.79. The van der Waals surface area contributed by atoms with E-state index in [1.54, 1.807) is 11.8 Å². The van der Waals surface area contributed by atoms with Crippen LogP contribution in [0.4, 0.5) is 10.1 Å². The van der Waals surface area contributed by atoms with Crippen LogP contribution in [0.1, 0.15) is 12.0 Å². The maximum absolute atomic E-state index is 12.8. The fraction of sp³-hybridized carbons (Fsp3) is 0.118. The number of carbonyl (C=O) groups excluding carboxylic acids is 2. The molecule has 0 heterocycles. The van der Waals surface area contributed by atoms with Crippen molar-refractivity contribution >= 4 is 35.5 Å². The highest BCUT2D eigenvalue weighted by molar-refractivity contribution is 7.98. The lowest BCUT2D eigenvalue weighted by atomic mass is 10.2. The van der Waals surface area contributed by atoms with Crippen molar-refractivity contribution in [3.8, 4) is 0 Å². The van der Waals surface area contributed by atoms with Gasteiger partial charge in [-0.15, -0.1) is 11.8 Å². The average molecular weight is 345 g/mol. The Hall–Kier alpha value is -2.67. The largest absolute Gasteiger partial charge is 0.326 e. The highest BCUT2D eigenvalue weighted by Crippen LogP contribution is 2.13. The summed E-state index contributed by atoms with van der Waals surface area (Å²) >= 11 is 1.63. The Morgan fingerprint density at radius 2 is 1.75 bits per heavy atom. The second kappa shape index (κ2) is 8.83. The molecule has 2 amide bonds. The summed E-state index contributed by atoms with van der Waals surface area (Å²) in [5.41, 5.74) is 3.55. The molecule has 124 valence electrons. The van der Waals surface area contributed by atoms with Gasteiger partial charge in [0.05, 0.1) is 6.21 Å². The van der Waals surface area contributed by atoms with Crippen LogP contribution in [-0.2, 0) is 9.59 Å². The lowest BCUT2D eigenvalue weighted by Crippen LogP contribution is -2.24. The Kier molecular flexibility index (Phi) is 6.51. The standard InChI is InChI=1S/C17H16FN3O2S/c1-24-15-8-2-12(3-9-15)11-19-21-17(23)10-16(22)20-14-6-4-13(18)5-7-14/h2-9,11H,10H2,1H3,(H,20,22)(H,21,23). The van der Waals surface area contributed by atoms with Gasteiger partial charge in [-0.2, -0.15) is 5.10 Å². The van der Waals surface area contributed by atoms with E-state index in [1.807, 2.05) is 30.5 Å². The number of rotatable bonds is 6. The second-order valence-corrected chi connectivity index (χ2v) is 5.68. The molecule has 0 aromatic heterocycles. The van der Waals surface area contributed by atoms with Crippen LogP contribution in [-0.4, -0.2) is 24.3 Å². The molecule has 2 aromatic carbocycles. The molecule has 7 heteroatoms. The van der Waals surface area contributed by atoms with Crippen molar-refractivity contribution in [1.82, 2.24) is 5.43 Å². The van der Waals surface area contributed by atoms with Crippen molar-refractivity contribution in [1.29, 1.82) is 0 Å². The van der Waals surface area contributed by atoms with Gasteiger partial charge in [0.2, 0.25) is 11.8 Å². The van der Waals surface area contributed by atoms with Crippen LogP contribution >= 0.6 is 11.8 Å². The minimum atomic E-state index is -0.536. The van der Waals surface area contributed by atoms with Gasteiger partial charge in [0.1, 0.15) is 12.2 Å². The van der Waals surface area contributed by atoms with E-state index < -0.39 is 17.6 Å². The van der Waals surface area contributed by atoms with Gasteiger partial charge in [0.15, 0.2) is 0 Å². The van der Waals surface area contributed by atoms with Crippen LogP contribution < -0.4 is 10.7 Å². The van der Waals surface area contributed by atoms with Gasteiger partial charge in [0, 0.05) is 10.6 Å². The number of thioether (sulfide) groups is 1. The zero-order valence-corrected chi connectivity index (χ0v) is 13.8. The Morgan fingerprint density at radius 3 is 2.38 bits per heavy atom. The van der Waals surface area contributed by atoms with Crippen LogP contribution in [0.3, 0.4) is 0 Å². The zero-order chi connectivity index (χ0) is 17.4. The van der Waals surface area contributed by atoms with Crippen LogP contribution in [0.15, 0.2) is 58.5 Å². The van der Waals surface area contributed by atoms with Crippen molar-refractivity contribution in [2.45, 2.75) is 11.3 Å². The van der Waals surface area contributed by atoms with Crippen LogP contribution in [0.25, 0.3) is 0 Å². The lowest BCUT2D eigenvalue weighted by Gasteiger charge is -2.04. The molecule has 0 saturated heterocycles. The molecular weight excluding hydrogens is 329 g/mol. The van der Waals surface area contributed by atoms with Crippen molar-refractivity contribution in [2.24, 2.45) is 5.10 Å². The third kappa shape index (κ3) is 5.85. The van der Waals surface area contributed by atoms with E-state index in [9.17, 15) is 14.0 Å². The van der Waals surface area contributed by atoms with Gasteiger partial charge >= 0.3 is 0 Å². The van der Waals surface area contributed by atoms with Gasteiger partial charge in [0.25, 0.3) is 0 Å². The molecule has 0 bridgehead atoms. The van der Waals surface area contributed by atoms with Gasteiger partial charge in [-0.3, -0.25) is 9.59 Å². The van der Waals surface area contributed by atoms with E-state index in [0.29, 0.717) is 5.69 Å². The van der Waals surface area contributed by atoms with Gasteiger partial charge in [-0.25, -0.2) is 9.82 Å². The minimum absolute atomic E-state index is 0.375. The zero-order valence-electron chi connectivity index (χ0n) is 13.0. The van der Waals surface area contributed by atoms with E-state index >= 15 is 0 Å². The average Bonchev–Trinajstić information content (AvgIpc) is 2.57. The topological polar surface area (TPSA) is 70.6 Å². The maximum Gasteiger partial charge on any atom is 0.249 e. The number of nitrogens with zero attached hydrogens (tertiary/aromatic N) is 1. The third-order valence-electron chi connectivity index (χ3n) is 2.97. The molecule has 0 aliphatic carbocycles. The van der Waals surface area contributed by atoms with E-state index in [0.717, 1.165) is 10.5 Å². The highest BCUT2D eigenvalue weighted by atomic mass is 32.2. The van der Waals surface area contributed by atoms with Crippen molar-refractivity contribution in [2.75, 3.05) is 11.6 Å². The molecule has 24 heavy (non-hydrogen) atoms. The number of carbonyl (C=O) groups is 2. The SMILES string of the molecule is CSc1ccc(C=NNC(=O)CC(=O)Nc2ccc(F)cc2)cc1. The lowest BCUT2D eigenvalue weighted by molar-refractivity contribution is -0.126. The molecule has 2 rings (SSSR count). The summed E-state index contributed by atoms with van der Waals surface area (Å²) in [7, 11) is 0. The predicted octanol–water partition coefficient (Wildman–Crippen LogP) is 3.03. The summed E-state index contributed by atoms with van der Waals surface area (Å²) in [6, 6.07) is 12.9. The van der Waals surface area contributed by atoms with Gasteiger partial charge in [-0.1, -0.05) is 12.1 Å². The first-order valence-corrected chi connectivity index (χ1v) is 8.30. The molecule has 0 atom stereocenters. The quantitative estimate of drug-likeness (QED) is 0.366. The summed E-state index contributed by atoms with van der Waals surface area (Å²) in [4.78, 5) is 24.5. The first kappa shape index (κ1) is 17.7. The molecule has 5 nitrogen and oxygen atoms in total. The number of benzene rings is 2. The molecular formula is C17H16FN3O2S. The molecule has 0 radical (unpaired) electrons.